The van der Waals surface area contributed by atoms with Crippen molar-refractivity contribution in [3.63, 3.8) is 0 Å². The first-order chi connectivity index (χ1) is 22.0. The maximum Gasteiger partial charge on any atom is 0.216 e. The molecule has 0 aliphatic heterocycles. The minimum absolute atomic E-state index is 0.111. The molecule has 0 unspecified atom stereocenters. The van der Waals surface area contributed by atoms with E-state index >= 15 is 0 Å². The summed E-state index contributed by atoms with van der Waals surface area (Å²) in [6.07, 6.45) is 47.1. The van der Waals surface area contributed by atoms with E-state index in [9.17, 15) is 4.79 Å². The van der Waals surface area contributed by atoms with Crippen LogP contribution >= 0.6 is 0 Å². The van der Waals surface area contributed by atoms with Gasteiger partial charge in [0.25, 0.3) is 0 Å². The van der Waals surface area contributed by atoms with Crippen molar-refractivity contribution in [2.24, 2.45) is 0 Å². The molecule has 3 heteroatoms. The average Bonchev–Trinajstić information content (AvgIpc) is 3.02. The molecule has 0 bridgehead atoms. The molecule has 0 aromatic heterocycles. The minimum atomic E-state index is 0.111. The standard InChI is InChI=1S/C42H86N2O/c1-5-7-9-11-13-15-17-19-21-23-25-27-29-31-33-35-39-44(4,41-37-38-43-42(3)45)40-36-34-32-30-28-26-24-22-20-18-16-14-12-10-8-6-2/h5-41H2,1-4H3/p+1. The van der Waals surface area contributed by atoms with Crippen LogP contribution in [0, 0.1) is 0 Å². The van der Waals surface area contributed by atoms with Crippen molar-refractivity contribution in [1.82, 2.24) is 5.32 Å². The first-order valence-corrected chi connectivity index (χ1v) is 21.1. The van der Waals surface area contributed by atoms with E-state index in [2.05, 4.69) is 26.2 Å². The van der Waals surface area contributed by atoms with Crippen molar-refractivity contribution in [1.29, 1.82) is 0 Å². The number of rotatable bonds is 38. The smallest absolute Gasteiger partial charge is 0.216 e. The number of carbonyl (C=O) groups is 1. The molecule has 0 spiro atoms. The number of hydrogen-bond donors (Lipinski definition) is 1. The van der Waals surface area contributed by atoms with Gasteiger partial charge in [-0.3, -0.25) is 4.79 Å². The van der Waals surface area contributed by atoms with Crippen LogP contribution in [-0.4, -0.2) is 43.6 Å². The second kappa shape index (κ2) is 36.3. The molecule has 0 aromatic rings. The number of nitrogens with one attached hydrogen (secondary N) is 1. The molecule has 270 valence electrons. The fourth-order valence-electron chi connectivity index (χ4n) is 7.14. The molecule has 0 saturated carbocycles. The van der Waals surface area contributed by atoms with Gasteiger partial charge in [-0.2, -0.15) is 0 Å². The third-order valence-corrected chi connectivity index (χ3v) is 10.4. The average molecular weight is 636 g/mol. The molecule has 0 aliphatic carbocycles. The lowest BCUT2D eigenvalue weighted by atomic mass is 10.0. The van der Waals surface area contributed by atoms with Crippen LogP contribution in [0.3, 0.4) is 0 Å². The summed E-state index contributed by atoms with van der Waals surface area (Å²) in [5.74, 6) is 0.111. The van der Waals surface area contributed by atoms with Crippen molar-refractivity contribution < 1.29 is 9.28 Å². The first-order valence-electron chi connectivity index (χ1n) is 21.1. The van der Waals surface area contributed by atoms with E-state index in [1.807, 2.05) is 0 Å². The monoisotopic (exact) mass is 636 g/mol. The Morgan fingerprint density at radius 2 is 0.600 bits per heavy atom. The Bertz CT molecular complexity index is 541. The highest BCUT2D eigenvalue weighted by molar-refractivity contribution is 5.72. The topological polar surface area (TPSA) is 29.1 Å². The van der Waals surface area contributed by atoms with Crippen LogP contribution in [0.1, 0.15) is 233 Å². The van der Waals surface area contributed by atoms with Gasteiger partial charge in [0.2, 0.25) is 5.91 Å². The number of quaternary nitrogens is 1. The second-order valence-corrected chi connectivity index (χ2v) is 15.2. The zero-order valence-corrected chi connectivity index (χ0v) is 32.0. The third kappa shape index (κ3) is 36.1. The Hall–Kier alpha value is -0.570. The molecule has 0 atom stereocenters. The van der Waals surface area contributed by atoms with Gasteiger partial charge >= 0.3 is 0 Å². The molecule has 0 saturated heterocycles. The lowest BCUT2D eigenvalue weighted by Crippen LogP contribution is -2.47. The van der Waals surface area contributed by atoms with Gasteiger partial charge < -0.3 is 9.80 Å². The molecular formula is C42H87N2O+. The quantitative estimate of drug-likeness (QED) is 0.0531. The Labute approximate surface area is 285 Å². The molecule has 1 amide bonds. The van der Waals surface area contributed by atoms with Gasteiger partial charge in [0, 0.05) is 19.9 Å². The summed E-state index contributed by atoms with van der Waals surface area (Å²) < 4.78 is 1.21. The molecule has 0 rings (SSSR count). The highest BCUT2D eigenvalue weighted by Gasteiger charge is 2.20. The van der Waals surface area contributed by atoms with E-state index < -0.39 is 0 Å². The summed E-state index contributed by atoms with van der Waals surface area (Å²) in [4.78, 5) is 11.3. The van der Waals surface area contributed by atoms with Crippen LogP contribution in [0.4, 0.5) is 0 Å². The zero-order chi connectivity index (χ0) is 32.9. The zero-order valence-electron chi connectivity index (χ0n) is 32.0. The summed E-state index contributed by atoms with van der Waals surface area (Å²) in [5, 5.41) is 3.02. The predicted octanol–water partition coefficient (Wildman–Crippen LogP) is 13.5. The Balaban J connectivity index is 3.82. The van der Waals surface area contributed by atoms with E-state index in [1.54, 1.807) is 6.92 Å². The summed E-state index contributed by atoms with van der Waals surface area (Å²) in [5.41, 5.74) is 0. The lowest BCUT2D eigenvalue weighted by molar-refractivity contribution is -0.910. The number of amides is 1. The fraction of sp³-hybridized carbons (Fsp3) is 0.976. The van der Waals surface area contributed by atoms with Gasteiger partial charge in [0.05, 0.1) is 26.7 Å². The first kappa shape index (κ1) is 44.4. The van der Waals surface area contributed by atoms with Crippen LogP contribution < -0.4 is 5.32 Å². The summed E-state index contributed by atoms with van der Waals surface area (Å²) in [6, 6.07) is 0. The van der Waals surface area contributed by atoms with Crippen LogP contribution in [0.25, 0.3) is 0 Å². The Kier molecular flexibility index (Phi) is 35.8. The third-order valence-electron chi connectivity index (χ3n) is 10.4. The van der Waals surface area contributed by atoms with Crippen LogP contribution in [0.15, 0.2) is 0 Å². The SMILES string of the molecule is CCCCCCCCCCCCCCCCCC[N+](C)(CCCCCCCCCCCCCCCCCC)CCCNC(C)=O. The van der Waals surface area contributed by atoms with Crippen molar-refractivity contribution in [2.75, 3.05) is 33.2 Å². The van der Waals surface area contributed by atoms with E-state index in [0.29, 0.717) is 0 Å². The van der Waals surface area contributed by atoms with Gasteiger partial charge in [-0.25, -0.2) is 0 Å². The van der Waals surface area contributed by atoms with Gasteiger partial charge in [-0.05, 0) is 25.7 Å². The molecule has 1 N–H and O–H groups in total. The summed E-state index contributed by atoms with van der Waals surface area (Å²) in [7, 11) is 2.49. The van der Waals surface area contributed by atoms with Crippen LogP contribution in [0.2, 0.25) is 0 Å². The highest BCUT2D eigenvalue weighted by atomic mass is 16.1. The second-order valence-electron chi connectivity index (χ2n) is 15.2. The van der Waals surface area contributed by atoms with Gasteiger partial charge in [0.1, 0.15) is 0 Å². The lowest BCUT2D eigenvalue weighted by Gasteiger charge is -2.35. The number of hydrogen-bond acceptors (Lipinski definition) is 1. The maximum atomic E-state index is 11.3. The van der Waals surface area contributed by atoms with E-state index in [0.717, 1.165) is 13.0 Å². The van der Waals surface area contributed by atoms with E-state index in [4.69, 9.17) is 0 Å². The Morgan fingerprint density at radius 1 is 0.378 bits per heavy atom. The molecule has 0 fully saturated rings. The van der Waals surface area contributed by atoms with Crippen molar-refractivity contribution in [3.8, 4) is 0 Å². The molecule has 0 heterocycles. The van der Waals surface area contributed by atoms with Gasteiger partial charge in [-0.1, -0.05) is 194 Å². The number of unbranched alkanes of at least 4 members (excludes halogenated alkanes) is 30. The molecular weight excluding hydrogens is 548 g/mol. The molecule has 0 radical (unpaired) electrons. The fourth-order valence-corrected chi connectivity index (χ4v) is 7.14. The van der Waals surface area contributed by atoms with Gasteiger partial charge in [-0.15, -0.1) is 0 Å². The minimum Gasteiger partial charge on any atom is -0.356 e. The molecule has 0 aromatic carbocycles. The largest absolute Gasteiger partial charge is 0.356 e. The predicted molar refractivity (Wildman–Crippen MR) is 203 cm³/mol. The molecule has 0 aliphatic rings. The summed E-state index contributed by atoms with van der Waals surface area (Å²) in [6.45, 7) is 10.9. The van der Waals surface area contributed by atoms with E-state index in [1.165, 1.54) is 230 Å². The number of carbonyl (C=O) groups excluding carboxylic acids is 1. The molecule has 45 heavy (non-hydrogen) atoms. The Morgan fingerprint density at radius 3 is 0.844 bits per heavy atom. The van der Waals surface area contributed by atoms with Crippen molar-refractivity contribution in [2.45, 2.75) is 233 Å². The number of nitrogens with zero attached hydrogens (tertiary/aromatic N) is 1. The molecule has 3 nitrogen and oxygen atoms in total. The highest BCUT2D eigenvalue weighted by Crippen LogP contribution is 2.17. The van der Waals surface area contributed by atoms with Crippen molar-refractivity contribution in [3.05, 3.63) is 0 Å². The maximum absolute atomic E-state index is 11.3. The normalized spacial score (nSPS) is 11.8. The van der Waals surface area contributed by atoms with Crippen LogP contribution in [0.5, 0.6) is 0 Å². The van der Waals surface area contributed by atoms with E-state index in [-0.39, 0.29) is 5.91 Å². The van der Waals surface area contributed by atoms with Gasteiger partial charge in [0.15, 0.2) is 0 Å². The van der Waals surface area contributed by atoms with Crippen molar-refractivity contribution >= 4 is 5.91 Å². The summed E-state index contributed by atoms with van der Waals surface area (Å²) >= 11 is 0. The van der Waals surface area contributed by atoms with Crippen LogP contribution in [-0.2, 0) is 4.79 Å².